The van der Waals surface area contributed by atoms with Crippen LogP contribution < -0.4 is 10.6 Å². The number of amides is 1. The Bertz CT molecular complexity index is 471. The SMILES string of the molecule is COC(=O)c1cccc2c1N[C@H](C)CC(=O)N2. The summed E-state index contributed by atoms with van der Waals surface area (Å²) in [6, 6.07) is 5.11. The van der Waals surface area contributed by atoms with Crippen molar-refractivity contribution in [2.24, 2.45) is 0 Å². The number of fused-ring (bicyclic) bond motifs is 1. The Kier molecular flexibility index (Phi) is 2.99. The number of carbonyl (C=O) groups excluding carboxylic acids is 2. The molecule has 1 heterocycles. The molecule has 1 aliphatic heterocycles. The first kappa shape index (κ1) is 11.4. The first-order chi connectivity index (χ1) is 8.11. The van der Waals surface area contributed by atoms with Gasteiger partial charge in [-0.1, -0.05) is 6.07 Å². The van der Waals surface area contributed by atoms with Crippen LogP contribution in [0.15, 0.2) is 18.2 Å². The molecular weight excluding hydrogens is 220 g/mol. The molecular formula is C12H14N2O3. The normalized spacial score (nSPS) is 18.5. The predicted octanol–water partition coefficient (Wildman–Crippen LogP) is 1.62. The van der Waals surface area contributed by atoms with E-state index in [2.05, 4.69) is 10.6 Å². The molecule has 1 aliphatic rings. The molecule has 0 bridgehead atoms. The van der Waals surface area contributed by atoms with Crippen LogP contribution in [-0.4, -0.2) is 25.0 Å². The molecule has 0 radical (unpaired) electrons. The van der Waals surface area contributed by atoms with Gasteiger partial charge in [-0.3, -0.25) is 4.79 Å². The minimum Gasteiger partial charge on any atom is -0.465 e. The molecule has 0 spiro atoms. The van der Waals surface area contributed by atoms with E-state index in [1.54, 1.807) is 18.2 Å². The molecule has 1 atom stereocenters. The lowest BCUT2D eigenvalue weighted by Crippen LogP contribution is -2.19. The Morgan fingerprint density at radius 3 is 2.94 bits per heavy atom. The van der Waals surface area contributed by atoms with E-state index in [9.17, 15) is 9.59 Å². The van der Waals surface area contributed by atoms with Crippen LogP contribution in [0.1, 0.15) is 23.7 Å². The van der Waals surface area contributed by atoms with Gasteiger partial charge >= 0.3 is 5.97 Å². The Hall–Kier alpha value is -2.04. The summed E-state index contributed by atoms with van der Waals surface area (Å²) in [5.41, 5.74) is 1.67. The van der Waals surface area contributed by atoms with Crippen molar-refractivity contribution in [3.8, 4) is 0 Å². The minimum absolute atomic E-state index is 0.0259. The summed E-state index contributed by atoms with van der Waals surface area (Å²) in [4.78, 5) is 23.2. The number of hydrogen-bond acceptors (Lipinski definition) is 4. The number of hydrogen-bond donors (Lipinski definition) is 2. The molecule has 0 saturated heterocycles. The van der Waals surface area contributed by atoms with Crippen LogP contribution in [0.2, 0.25) is 0 Å². The molecule has 0 fully saturated rings. The number of carbonyl (C=O) groups is 2. The summed E-state index contributed by atoms with van der Waals surface area (Å²) in [5, 5.41) is 5.92. The predicted molar refractivity (Wildman–Crippen MR) is 64.1 cm³/mol. The van der Waals surface area contributed by atoms with Gasteiger partial charge in [0.15, 0.2) is 0 Å². The smallest absolute Gasteiger partial charge is 0.340 e. The van der Waals surface area contributed by atoms with Crippen molar-refractivity contribution in [3.05, 3.63) is 23.8 Å². The Labute approximate surface area is 99.2 Å². The van der Waals surface area contributed by atoms with Gasteiger partial charge in [0.1, 0.15) is 0 Å². The number of anilines is 2. The zero-order valence-electron chi connectivity index (χ0n) is 9.74. The van der Waals surface area contributed by atoms with Gasteiger partial charge in [-0.05, 0) is 19.1 Å². The van der Waals surface area contributed by atoms with Gasteiger partial charge in [0.2, 0.25) is 5.91 Å². The maximum absolute atomic E-state index is 11.6. The van der Waals surface area contributed by atoms with Gasteiger partial charge in [0.25, 0.3) is 0 Å². The Balaban J connectivity index is 2.49. The average molecular weight is 234 g/mol. The molecule has 0 aromatic heterocycles. The van der Waals surface area contributed by atoms with Gasteiger partial charge in [-0.15, -0.1) is 0 Å². The van der Waals surface area contributed by atoms with Crippen molar-refractivity contribution in [1.29, 1.82) is 0 Å². The summed E-state index contributed by atoms with van der Waals surface area (Å²) < 4.78 is 4.71. The van der Waals surface area contributed by atoms with E-state index in [-0.39, 0.29) is 11.9 Å². The maximum Gasteiger partial charge on any atom is 0.340 e. The highest BCUT2D eigenvalue weighted by Gasteiger charge is 2.22. The van der Waals surface area contributed by atoms with Crippen LogP contribution in [-0.2, 0) is 9.53 Å². The van der Waals surface area contributed by atoms with E-state index in [0.717, 1.165) is 0 Å². The molecule has 1 aromatic rings. The van der Waals surface area contributed by atoms with Crippen LogP contribution in [0.5, 0.6) is 0 Å². The van der Waals surface area contributed by atoms with Gasteiger partial charge in [-0.2, -0.15) is 0 Å². The summed E-state index contributed by atoms with van der Waals surface area (Å²) in [5.74, 6) is -0.483. The first-order valence-corrected chi connectivity index (χ1v) is 5.39. The van der Waals surface area contributed by atoms with Crippen LogP contribution in [0.25, 0.3) is 0 Å². The minimum atomic E-state index is -0.419. The van der Waals surface area contributed by atoms with Gasteiger partial charge in [0, 0.05) is 12.5 Å². The summed E-state index contributed by atoms with van der Waals surface area (Å²) in [6.45, 7) is 1.89. The van der Waals surface area contributed by atoms with Gasteiger partial charge in [0.05, 0.1) is 24.0 Å². The summed E-state index contributed by atoms with van der Waals surface area (Å²) >= 11 is 0. The molecule has 17 heavy (non-hydrogen) atoms. The van der Waals surface area contributed by atoms with Crippen molar-refractivity contribution in [2.45, 2.75) is 19.4 Å². The number of benzene rings is 1. The third kappa shape index (κ3) is 2.22. The van der Waals surface area contributed by atoms with Gasteiger partial charge in [-0.25, -0.2) is 4.79 Å². The van der Waals surface area contributed by atoms with Crippen LogP contribution in [0, 0.1) is 0 Å². The molecule has 5 heteroatoms. The van der Waals surface area contributed by atoms with E-state index >= 15 is 0 Å². The number of nitrogens with one attached hydrogen (secondary N) is 2. The molecule has 1 aromatic carbocycles. The molecule has 2 rings (SSSR count). The third-order valence-electron chi connectivity index (χ3n) is 2.63. The van der Waals surface area contributed by atoms with E-state index in [0.29, 0.717) is 23.4 Å². The molecule has 5 nitrogen and oxygen atoms in total. The van der Waals surface area contributed by atoms with E-state index < -0.39 is 5.97 Å². The average Bonchev–Trinajstić information content (AvgIpc) is 2.43. The second kappa shape index (κ2) is 4.45. The number of rotatable bonds is 1. The lowest BCUT2D eigenvalue weighted by molar-refractivity contribution is -0.116. The fourth-order valence-corrected chi connectivity index (χ4v) is 1.87. The largest absolute Gasteiger partial charge is 0.465 e. The second-order valence-electron chi connectivity index (χ2n) is 4.02. The fraction of sp³-hybridized carbons (Fsp3) is 0.333. The summed E-state index contributed by atoms with van der Waals surface area (Å²) in [7, 11) is 1.33. The standard InChI is InChI=1S/C12H14N2O3/c1-7-6-10(15)14-9-5-3-4-8(11(9)13-7)12(16)17-2/h3-5,7,13H,6H2,1-2H3,(H,14,15)/t7-/m1/s1. The highest BCUT2D eigenvalue weighted by atomic mass is 16.5. The second-order valence-corrected chi connectivity index (χ2v) is 4.02. The maximum atomic E-state index is 11.6. The van der Waals surface area contributed by atoms with Gasteiger partial charge < -0.3 is 15.4 Å². The van der Waals surface area contributed by atoms with Crippen LogP contribution >= 0.6 is 0 Å². The molecule has 0 saturated carbocycles. The lowest BCUT2D eigenvalue weighted by atomic mass is 10.1. The van der Waals surface area contributed by atoms with E-state index in [1.807, 2.05) is 6.92 Å². The molecule has 2 N–H and O–H groups in total. The molecule has 1 amide bonds. The number of methoxy groups -OCH3 is 1. The Morgan fingerprint density at radius 2 is 2.24 bits per heavy atom. The van der Waals surface area contributed by atoms with Crippen molar-refractivity contribution in [1.82, 2.24) is 0 Å². The van der Waals surface area contributed by atoms with Crippen molar-refractivity contribution < 1.29 is 14.3 Å². The molecule has 90 valence electrons. The zero-order valence-corrected chi connectivity index (χ0v) is 9.74. The van der Waals surface area contributed by atoms with Crippen LogP contribution in [0.4, 0.5) is 11.4 Å². The molecule has 0 aliphatic carbocycles. The van der Waals surface area contributed by atoms with Crippen molar-refractivity contribution >= 4 is 23.3 Å². The topological polar surface area (TPSA) is 67.4 Å². The fourth-order valence-electron chi connectivity index (χ4n) is 1.87. The van der Waals surface area contributed by atoms with E-state index in [4.69, 9.17) is 4.74 Å². The lowest BCUT2D eigenvalue weighted by Gasteiger charge is -2.14. The number of esters is 1. The van der Waals surface area contributed by atoms with Crippen LogP contribution in [0.3, 0.4) is 0 Å². The first-order valence-electron chi connectivity index (χ1n) is 5.39. The van der Waals surface area contributed by atoms with Crippen molar-refractivity contribution in [3.63, 3.8) is 0 Å². The van der Waals surface area contributed by atoms with E-state index in [1.165, 1.54) is 7.11 Å². The monoisotopic (exact) mass is 234 g/mol. The highest BCUT2D eigenvalue weighted by Crippen LogP contribution is 2.30. The summed E-state index contributed by atoms with van der Waals surface area (Å²) in [6.07, 6.45) is 0.370. The zero-order chi connectivity index (χ0) is 12.4. The number of para-hydroxylation sites is 1. The third-order valence-corrected chi connectivity index (χ3v) is 2.63. The molecule has 0 unspecified atom stereocenters. The quantitative estimate of drug-likeness (QED) is 0.724. The number of ether oxygens (including phenoxy) is 1. The Morgan fingerprint density at radius 1 is 1.47 bits per heavy atom. The van der Waals surface area contributed by atoms with Crippen molar-refractivity contribution in [2.75, 3.05) is 17.7 Å². The highest BCUT2D eigenvalue weighted by molar-refractivity contribution is 6.04.